The van der Waals surface area contributed by atoms with Crippen molar-refractivity contribution in [3.63, 3.8) is 0 Å². The van der Waals surface area contributed by atoms with Crippen molar-refractivity contribution >= 4 is 34.6 Å². The Balaban J connectivity index is 1.86. The fourth-order valence-corrected chi connectivity index (χ4v) is 4.19. The lowest BCUT2D eigenvalue weighted by molar-refractivity contribution is 0.279. The summed E-state index contributed by atoms with van der Waals surface area (Å²) in [5.41, 5.74) is 2.98. The average molecular weight is 549 g/mol. The van der Waals surface area contributed by atoms with Crippen molar-refractivity contribution in [3.8, 4) is 0 Å². The van der Waals surface area contributed by atoms with Gasteiger partial charge in [-0.15, -0.1) is 0 Å². The highest BCUT2D eigenvalue weighted by atomic mass is 16.3. The van der Waals surface area contributed by atoms with Gasteiger partial charge in [0.15, 0.2) is 11.6 Å². The van der Waals surface area contributed by atoms with Crippen molar-refractivity contribution in [1.82, 2.24) is 19.9 Å². The summed E-state index contributed by atoms with van der Waals surface area (Å²) in [6.45, 7) is 1.31. The zero-order chi connectivity index (χ0) is 28.2. The van der Waals surface area contributed by atoms with Gasteiger partial charge in [0.25, 0.3) is 0 Å². The van der Waals surface area contributed by atoms with Gasteiger partial charge in [-0.2, -0.15) is 9.97 Å². The van der Waals surface area contributed by atoms with Crippen LogP contribution in [0, 0.1) is 0 Å². The monoisotopic (exact) mass is 548 g/mol. The number of aromatic nitrogens is 4. The summed E-state index contributed by atoms with van der Waals surface area (Å²) in [6, 6.07) is 19.7. The summed E-state index contributed by atoms with van der Waals surface area (Å²) in [7, 11) is 0. The minimum atomic E-state index is -0.139. The van der Waals surface area contributed by atoms with Crippen LogP contribution < -0.4 is 20.4 Å². The van der Waals surface area contributed by atoms with Crippen LogP contribution in [-0.2, 0) is 13.1 Å². The van der Waals surface area contributed by atoms with Crippen molar-refractivity contribution in [2.45, 2.75) is 13.1 Å². The third-order valence-corrected chi connectivity index (χ3v) is 6.17. The second kappa shape index (κ2) is 14.9. The summed E-state index contributed by atoms with van der Waals surface area (Å²) < 4.78 is 0. The molecule has 0 aliphatic heterocycles. The maximum Gasteiger partial charge on any atom is 0.228 e. The van der Waals surface area contributed by atoms with Gasteiger partial charge in [0.2, 0.25) is 11.9 Å². The third-order valence-electron chi connectivity index (χ3n) is 6.17. The largest absolute Gasteiger partial charge is 0.395 e. The lowest BCUT2D eigenvalue weighted by atomic mass is 10.2. The van der Waals surface area contributed by atoms with Crippen LogP contribution in [-0.4, -0.2) is 93.0 Å². The lowest BCUT2D eigenvalue weighted by Crippen LogP contribution is -2.32. The van der Waals surface area contributed by atoms with E-state index in [-0.39, 0.29) is 52.6 Å². The number of rotatable bonds is 16. The number of nitrogens with one attached hydrogen (secondary N) is 2. The first-order valence-electron chi connectivity index (χ1n) is 13.3. The van der Waals surface area contributed by atoms with Crippen LogP contribution in [0.3, 0.4) is 0 Å². The molecule has 0 bridgehead atoms. The third kappa shape index (κ3) is 7.51. The first-order valence-corrected chi connectivity index (χ1v) is 13.3. The first-order chi connectivity index (χ1) is 19.7. The van der Waals surface area contributed by atoms with E-state index in [4.69, 9.17) is 19.9 Å². The van der Waals surface area contributed by atoms with Crippen LogP contribution in [0.5, 0.6) is 0 Å². The van der Waals surface area contributed by atoms with E-state index in [0.29, 0.717) is 47.7 Å². The number of nitrogens with zero attached hydrogens (tertiary/aromatic N) is 6. The molecule has 12 nitrogen and oxygen atoms in total. The van der Waals surface area contributed by atoms with E-state index < -0.39 is 0 Å². The van der Waals surface area contributed by atoms with Crippen molar-refractivity contribution in [1.29, 1.82) is 0 Å². The number of hydrogen-bond donors (Lipinski definition) is 6. The predicted octanol–water partition coefficient (Wildman–Crippen LogP) is 1.23. The molecule has 0 aliphatic rings. The molecule has 40 heavy (non-hydrogen) atoms. The molecule has 2 aromatic carbocycles. The topological polar surface area (TPSA) is 163 Å². The first kappa shape index (κ1) is 28.9. The van der Waals surface area contributed by atoms with Crippen molar-refractivity contribution < 1.29 is 20.4 Å². The molecule has 12 heteroatoms. The van der Waals surface area contributed by atoms with Crippen LogP contribution in [0.1, 0.15) is 11.1 Å². The summed E-state index contributed by atoms with van der Waals surface area (Å²) in [4.78, 5) is 22.5. The number of fused-ring (bicyclic) bond motifs is 1. The number of aliphatic hydroxyl groups is 4. The zero-order valence-corrected chi connectivity index (χ0v) is 22.3. The maximum atomic E-state index is 9.64. The molecule has 0 spiro atoms. The van der Waals surface area contributed by atoms with E-state index in [9.17, 15) is 20.4 Å². The molecule has 2 heterocycles. The number of benzene rings is 2. The van der Waals surface area contributed by atoms with E-state index in [1.54, 1.807) is 9.80 Å². The molecule has 0 atom stereocenters. The van der Waals surface area contributed by atoms with E-state index >= 15 is 0 Å². The SMILES string of the molecule is OCCN(CCO)c1nc(NCc2ccccc2)c2nc(N(CCO)CCO)nc(NCc3ccccc3)c2n1. The Morgan fingerprint density at radius 1 is 0.500 bits per heavy atom. The minimum absolute atomic E-state index is 0.139. The molecule has 0 fully saturated rings. The Hall–Kier alpha value is -4.10. The lowest BCUT2D eigenvalue weighted by Gasteiger charge is -2.24. The smallest absolute Gasteiger partial charge is 0.228 e. The summed E-state index contributed by atoms with van der Waals surface area (Å²) in [6.07, 6.45) is 0. The van der Waals surface area contributed by atoms with Gasteiger partial charge < -0.3 is 40.9 Å². The molecule has 0 saturated carbocycles. The highest BCUT2D eigenvalue weighted by molar-refractivity contribution is 5.94. The predicted molar refractivity (Wildman–Crippen MR) is 155 cm³/mol. The fourth-order valence-electron chi connectivity index (χ4n) is 4.19. The van der Waals surface area contributed by atoms with E-state index in [0.717, 1.165) is 11.1 Å². The number of aliphatic hydroxyl groups excluding tert-OH is 4. The van der Waals surface area contributed by atoms with Gasteiger partial charge in [0.1, 0.15) is 11.0 Å². The van der Waals surface area contributed by atoms with Gasteiger partial charge in [0, 0.05) is 39.3 Å². The number of anilines is 4. The summed E-state index contributed by atoms with van der Waals surface area (Å²) in [5.74, 6) is 1.52. The van der Waals surface area contributed by atoms with Gasteiger partial charge in [0.05, 0.1) is 26.4 Å². The Morgan fingerprint density at radius 2 is 0.850 bits per heavy atom. The summed E-state index contributed by atoms with van der Waals surface area (Å²) >= 11 is 0. The van der Waals surface area contributed by atoms with Gasteiger partial charge in [-0.25, -0.2) is 9.97 Å². The molecular weight excluding hydrogens is 512 g/mol. The number of hydrogen-bond acceptors (Lipinski definition) is 12. The van der Waals surface area contributed by atoms with E-state index in [1.165, 1.54) is 0 Å². The molecule has 0 aliphatic carbocycles. The second-order valence-corrected chi connectivity index (χ2v) is 8.99. The Bertz CT molecular complexity index is 1220. The molecule has 0 unspecified atom stereocenters. The van der Waals surface area contributed by atoms with Gasteiger partial charge in [-0.1, -0.05) is 60.7 Å². The van der Waals surface area contributed by atoms with Crippen LogP contribution in [0.25, 0.3) is 11.0 Å². The fraction of sp³-hybridized carbons (Fsp3) is 0.357. The molecule has 2 aromatic heterocycles. The van der Waals surface area contributed by atoms with Gasteiger partial charge in [-0.3, -0.25) is 0 Å². The molecule has 6 N–H and O–H groups in total. The van der Waals surface area contributed by atoms with Crippen molar-refractivity contribution in [2.75, 3.05) is 73.0 Å². The molecular formula is C28H36N8O4. The molecule has 0 saturated heterocycles. The van der Waals surface area contributed by atoms with Crippen LogP contribution in [0.15, 0.2) is 60.7 Å². The van der Waals surface area contributed by atoms with E-state index in [1.807, 2.05) is 60.7 Å². The highest BCUT2D eigenvalue weighted by Crippen LogP contribution is 2.30. The second-order valence-electron chi connectivity index (χ2n) is 8.99. The van der Waals surface area contributed by atoms with Gasteiger partial charge >= 0.3 is 0 Å². The zero-order valence-electron chi connectivity index (χ0n) is 22.3. The van der Waals surface area contributed by atoms with Crippen molar-refractivity contribution in [3.05, 3.63) is 71.8 Å². The Kier molecular flexibility index (Phi) is 10.8. The maximum absolute atomic E-state index is 9.64. The van der Waals surface area contributed by atoms with Gasteiger partial charge in [-0.05, 0) is 11.1 Å². The molecule has 4 aromatic rings. The van der Waals surface area contributed by atoms with Crippen molar-refractivity contribution in [2.24, 2.45) is 0 Å². The van der Waals surface area contributed by atoms with Crippen LogP contribution >= 0.6 is 0 Å². The molecule has 0 radical (unpaired) electrons. The molecule has 0 amide bonds. The standard InChI is InChI=1S/C28H36N8O4/c37-15-11-35(12-16-38)27-32-24-23(25(33-27)29-19-21-7-3-1-4-8-21)31-28(36(13-17-39)14-18-40)34-26(24)30-20-22-9-5-2-6-10-22/h1-10,37-40H,11-20H2,(H,29,32,33)(H,30,31,34). The Labute approximate surface area is 233 Å². The quantitative estimate of drug-likeness (QED) is 0.119. The Morgan fingerprint density at radius 3 is 1.18 bits per heavy atom. The molecule has 4 rings (SSSR count). The van der Waals surface area contributed by atoms with E-state index in [2.05, 4.69) is 10.6 Å². The van der Waals surface area contributed by atoms with Crippen LogP contribution in [0.4, 0.5) is 23.5 Å². The molecule has 212 valence electrons. The highest BCUT2D eigenvalue weighted by Gasteiger charge is 2.21. The summed E-state index contributed by atoms with van der Waals surface area (Å²) in [5, 5.41) is 45.3. The normalized spacial score (nSPS) is 11.0. The van der Waals surface area contributed by atoms with Crippen LogP contribution in [0.2, 0.25) is 0 Å². The average Bonchev–Trinajstić information content (AvgIpc) is 2.99. The minimum Gasteiger partial charge on any atom is -0.395 e.